The van der Waals surface area contributed by atoms with E-state index in [4.69, 9.17) is 5.73 Å². The van der Waals surface area contributed by atoms with E-state index in [-0.39, 0.29) is 11.9 Å². The summed E-state index contributed by atoms with van der Waals surface area (Å²) < 4.78 is 0. The number of rotatable bonds is 6. The fraction of sp³-hybridized carbons (Fsp3) is 0.562. The molecule has 3 rings (SSSR count). The van der Waals surface area contributed by atoms with Crippen LogP contribution in [0.4, 0.5) is 11.4 Å². The van der Waals surface area contributed by atoms with Gasteiger partial charge in [0.2, 0.25) is 5.91 Å². The minimum Gasteiger partial charge on any atom is -0.399 e. The lowest BCUT2D eigenvalue weighted by Crippen LogP contribution is -2.44. The highest BCUT2D eigenvalue weighted by atomic mass is 16.2. The molecule has 0 spiro atoms. The summed E-state index contributed by atoms with van der Waals surface area (Å²) >= 11 is 0. The zero-order chi connectivity index (χ0) is 14.1. The van der Waals surface area contributed by atoms with Crippen molar-refractivity contribution in [3.63, 3.8) is 0 Å². The van der Waals surface area contributed by atoms with Gasteiger partial charge in [0, 0.05) is 24.0 Å². The molecule has 4 heteroatoms. The van der Waals surface area contributed by atoms with Crippen LogP contribution in [0.25, 0.3) is 0 Å². The molecule has 2 aliphatic carbocycles. The van der Waals surface area contributed by atoms with E-state index in [0.29, 0.717) is 11.7 Å². The van der Waals surface area contributed by atoms with Crippen molar-refractivity contribution >= 4 is 17.3 Å². The Morgan fingerprint density at radius 2 is 2.15 bits per heavy atom. The van der Waals surface area contributed by atoms with E-state index in [1.54, 1.807) is 6.07 Å². The average molecular weight is 273 g/mol. The Bertz CT molecular complexity index is 494. The number of nitrogens with two attached hydrogens (primary N) is 1. The third kappa shape index (κ3) is 3.31. The molecule has 2 fully saturated rings. The predicted molar refractivity (Wildman–Crippen MR) is 81.4 cm³/mol. The van der Waals surface area contributed by atoms with Crippen LogP contribution in [0.1, 0.15) is 32.6 Å². The van der Waals surface area contributed by atoms with Gasteiger partial charge in [0.05, 0.1) is 6.04 Å². The maximum absolute atomic E-state index is 12.4. The van der Waals surface area contributed by atoms with Crippen LogP contribution < -0.4 is 11.1 Å². The summed E-state index contributed by atoms with van der Waals surface area (Å²) in [7, 11) is 0. The maximum Gasteiger partial charge on any atom is 0.241 e. The highest BCUT2D eigenvalue weighted by molar-refractivity contribution is 5.94. The van der Waals surface area contributed by atoms with Gasteiger partial charge in [-0.25, -0.2) is 0 Å². The first-order valence-electron chi connectivity index (χ1n) is 7.55. The van der Waals surface area contributed by atoms with E-state index in [9.17, 15) is 4.79 Å². The zero-order valence-corrected chi connectivity index (χ0v) is 12.0. The van der Waals surface area contributed by atoms with Crippen LogP contribution in [-0.2, 0) is 4.79 Å². The second kappa shape index (κ2) is 5.44. The van der Waals surface area contributed by atoms with Crippen LogP contribution in [0.5, 0.6) is 0 Å². The van der Waals surface area contributed by atoms with Gasteiger partial charge in [-0.1, -0.05) is 6.07 Å². The smallest absolute Gasteiger partial charge is 0.241 e. The van der Waals surface area contributed by atoms with Crippen molar-refractivity contribution in [2.75, 3.05) is 17.6 Å². The number of hydrogen-bond acceptors (Lipinski definition) is 3. The van der Waals surface area contributed by atoms with Crippen LogP contribution in [-0.4, -0.2) is 29.4 Å². The quantitative estimate of drug-likeness (QED) is 0.783. The molecule has 0 bridgehead atoms. The molecule has 0 heterocycles. The van der Waals surface area contributed by atoms with E-state index in [1.807, 2.05) is 25.1 Å². The van der Waals surface area contributed by atoms with E-state index in [2.05, 4.69) is 10.2 Å². The molecule has 4 nitrogen and oxygen atoms in total. The Balaban J connectivity index is 1.62. The van der Waals surface area contributed by atoms with Crippen LogP contribution >= 0.6 is 0 Å². The summed E-state index contributed by atoms with van der Waals surface area (Å²) in [5.41, 5.74) is 7.20. The van der Waals surface area contributed by atoms with Gasteiger partial charge < -0.3 is 11.1 Å². The maximum atomic E-state index is 12.4. The SMILES string of the molecule is CC(C(=O)Nc1cccc(N)c1)N(CC1CC1)C1CC1. The van der Waals surface area contributed by atoms with Crippen molar-refractivity contribution in [3.05, 3.63) is 24.3 Å². The molecule has 0 saturated heterocycles. The number of nitrogens with one attached hydrogen (secondary N) is 1. The monoisotopic (exact) mass is 273 g/mol. The van der Waals surface area contributed by atoms with E-state index in [0.717, 1.165) is 18.2 Å². The van der Waals surface area contributed by atoms with E-state index >= 15 is 0 Å². The van der Waals surface area contributed by atoms with Gasteiger partial charge in [-0.05, 0) is 56.7 Å². The van der Waals surface area contributed by atoms with Gasteiger partial charge in [-0.15, -0.1) is 0 Å². The first-order chi connectivity index (χ1) is 9.63. The average Bonchev–Trinajstić information content (AvgIpc) is 3.26. The van der Waals surface area contributed by atoms with Gasteiger partial charge >= 0.3 is 0 Å². The largest absolute Gasteiger partial charge is 0.399 e. The Morgan fingerprint density at radius 1 is 1.40 bits per heavy atom. The molecule has 2 aliphatic rings. The fourth-order valence-electron chi connectivity index (χ4n) is 2.64. The van der Waals surface area contributed by atoms with Crippen molar-refractivity contribution < 1.29 is 4.79 Å². The van der Waals surface area contributed by atoms with Crippen molar-refractivity contribution in [1.29, 1.82) is 0 Å². The van der Waals surface area contributed by atoms with Crippen LogP contribution in [0.15, 0.2) is 24.3 Å². The van der Waals surface area contributed by atoms with Crippen LogP contribution in [0.3, 0.4) is 0 Å². The summed E-state index contributed by atoms with van der Waals surface area (Å²) in [5.74, 6) is 0.890. The lowest BCUT2D eigenvalue weighted by Gasteiger charge is -2.28. The lowest BCUT2D eigenvalue weighted by atomic mass is 10.2. The first-order valence-corrected chi connectivity index (χ1v) is 7.55. The Labute approximate surface area is 120 Å². The summed E-state index contributed by atoms with van der Waals surface area (Å²) in [6.45, 7) is 3.10. The van der Waals surface area contributed by atoms with Gasteiger partial charge in [-0.3, -0.25) is 9.69 Å². The second-order valence-electron chi connectivity index (χ2n) is 6.16. The topological polar surface area (TPSA) is 58.4 Å². The molecule has 1 amide bonds. The van der Waals surface area contributed by atoms with Crippen LogP contribution in [0, 0.1) is 5.92 Å². The standard InChI is InChI=1S/C16H23N3O/c1-11(19(15-7-8-15)10-12-5-6-12)16(20)18-14-4-2-3-13(17)9-14/h2-4,9,11-12,15H,5-8,10,17H2,1H3,(H,18,20). The molecule has 20 heavy (non-hydrogen) atoms. The molecule has 1 unspecified atom stereocenters. The van der Waals surface area contributed by atoms with Gasteiger partial charge in [0.1, 0.15) is 0 Å². The van der Waals surface area contributed by atoms with Gasteiger partial charge in [-0.2, -0.15) is 0 Å². The molecule has 3 N–H and O–H groups in total. The van der Waals surface area contributed by atoms with E-state index in [1.165, 1.54) is 25.7 Å². The Kier molecular flexibility index (Phi) is 3.66. The molecule has 2 saturated carbocycles. The molecule has 1 atom stereocenters. The number of carbonyl (C=O) groups excluding carboxylic acids is 1. The summed E-state index contributed by atoms with van der Waals surface area (Å²) in [6.07, 6.45) is 5.13. The van der Waals surface area contributed by atoms with Crippen molar-refractivity contribution in [3.8, 4) is 0 Å². The third-order valence-corrected chi connectivity index (χ3v) is 4.21. The van der Waals surface area contributed by atoms with Crippen LogP contribution in [0.2, 0.25) is 0 Å². The summed E-state index contributed by atoms with van der Waals surface area (Å²) in [4.78, 5) is 14.8. The second-order valence-corrected chi connectivity index (χ2v) is 6.16. The zero-order valence-electron chi connectivity index (χ0n) is 12.0. The molecular formula is C16H23N3O. The predicted octanol–water partition coefficient (Wildman–Crippen LogP) is 2.47. The minimum atomic E-state index is -0.0652. The number of amides is 1. The van der Waals surface area contributed by atoms with Crippen molar-refractivity contribution in [2.45, 2.75) is 44.7 Å². The number of nitrogen functional groups attached to an aromatic ring is 1. The molecule has 0 radical (unpaired) electrons. The number of anilines is 2. The number of hydrogen-bond donors (Lipinski definition) is 2. The first kappa shape index (κ1) is 13.4. The highest BCUT2D eigenvalue weighted by Crippen LogP contribution is 2.36. The van der Waals surface area contributed by atoms with Crippen molar-refractivity contribution in [1.82, 2.24) is 4.90 Å². The van der Waals surface area contributed by atoms with Crippen molar-refractivity contribution in [2.24, 2.45) is 5.92 Å². The summed E-state index contributed by atoms with van der Waals surface area (Å²) in [5, 5.41) is 2.98. The molecule has 1 aromatic carbocycles. The minimum absolute atomic E-state index is 0.0652. The number of benzene rings is 1. The number of nitrogens with zero attached hydrogens (tertiary/aromatic N) is 1. The molecular weight excluding hydrogens is 250 g/mol. The molecule has 1 aromatic rings. The Hall–Kier alpha value is -1.55. The Morgan fingerprint density at radius 3 is 2.75 bits per heavy atom. The lowest BCUT2D eigenvalue weighted by molar-refractivity contribution is -0.121. The normalized spacial score (nSPS) is 19.9. The third-order valence-electron chi connectivity index (χ3n) is 4.21. The number of carbonyl (C=O) groups is 1. The molecule has 0 aliphatic heterocycles. The summed E-state index contributed by atoms with van der Waals surface area (Å²) in [6, 6.07) is 7.92. The fourth-order valence-corrected chi connectivity index (χ4v) is 2.64. The van der Waals surface area contributed by atoms with Gasteiger partial charge in [0.15, 0.2) is 0 Å². The van der Waals surface area contributed by atoms with E-state index < -0.39 is 0 Å². The van der Waals surface area contributed by atoms with Gasteiger partial charge in [0.25, 0.3) is 0 Å². The molecule has 0 aromatic heterocycles. The molecule has 108 valence electrons. The highest BCUT2D eigenvalue weighted by Gasteiger charge is 2.38.